The lowest BCUT2D eigenvalue weighted by molar-refractivity contribution is 0.355. The molecular formula is C24H19FN4O3. The van der Waals surface area contributed by atoms with E-state index in [0.717, 1.165) is 5.56 Å². The fourth-order valence-corrected chi connectivity index (χ4v) is 3.77. The van der Waals surface area contributed by atoms with E-state index >= 15 is 0 Å². The molecule has 2 heterocycles. The molecule has 0 unspecified atom stereocenters. The van der Waals surface area contributed by atoms with Crippen LogP contribution in [0.15, 0.2) is 71.5 Å². The molecule has 160 valence electrons. The second-order valence-electron chi connectivity index (χ2n) is 7.22. The first kappa shape index (κ1) is 19.7. The molecule has 0 aliphatic rings. The quantitative estimate of drug-likeness (QED) is 0.423. The zero-order valence-electron chi connectivity index (χ0n) is 17.4. The van der Waals surface area contributed by atoms with Gasteiger partial charge in [0.2, 0.25) is 0 Å². The van der Waals surface area contributed by atoms with E-state index in [1.165, 1.54) is 29.4 Å². The number of methoxy groups -OCH3 is 2. The highest BCUT2D eigenvalue weighted by molar-refractivity contribution is 5.94. The first-order valence-electron chi connectivity index (χ1n) is 9.95. The Morgan fingerprint density at radius 3 is 2.34 bits per heavy atom. The van der Waals surface area contributed by atoms with E-state index in [2.05, 4.69) is 10.1 Å². The molecule has 5 rings (SSSR count). The van der Waals surface area contributed by atoms with E-state index in [4.69, 9.17) is 9.47 Å². The highest BCUT2D eigenvalue weighted by atomic mass is 19.1. The van der Waals surface area contributed by atoms with Crippen molar-refractivity contribution in [1.29, 1.82) is 0 Å². The smallest absolute Gasteiger partial charge is 0.351 e. The number of aromatic nitrogens is 4. The number of ether oxygens (including phenoxy) is 2. The van der Waals surface area contributed by atoms with E-state index in [9.17, 15) is 9.18 Å². The summed E-state index contributed by atoms with van der Waals surface area (Å²) in [4.78, 5) is 18.1. The van der Waals surface area contributed by atoms with Crippen LogP contribution >= 0.6 is 0 Å². The molecule has 0 atom stereocenters. The molecule has 0 fully saturated rings. The summed E-state index contributed by atoms with van der Waals surface area (Å²) in [6.45, 7) is 0.0218. The molecule has 0 aliphatic carbocycles. The minimum atomic E-state index is -0.433. The summed E-state index contributed by atoms with van der Waals surface area (Å²) in [5.74, 6) is 0.968. The molecule has 0 aliphatic heterocycles. The first-order chi connectivity index (χ1) is 15.6. The van der Waals surface area contributed by atoms with Gasteiger partial charge < -0.3 is 9.47 Å². The third-order valence-electron chi connectivity index (χ3n) is 5.37. The summed E-state index contributed by atoms with van der Waals surface area (Å²) >= 11 is 0. The van der Waals surface area contributed by atoms with Gasteiger partial charge in [0.25, 0.3) is 0 Å². The standard InChI is InChI=1S/C24H19FN4O3/c1-31-20-12-17-19(13-21(20)32-2)28(14-16-10-6-7-11-18(16)25)24(30)29-23(17)26-22(27-29)15-8-4-3-5-9-15/h3-13H,14H2,1-2H3. The Kier molecular flexibility index (Phi) is 4.82. The van der Waals surface area contributed by atoms with E-state index < -0.39 is 11.5 Å². The van der Waals surface area contributed by atoms with Crippen LogP contribution in [0.2, 0.25) is 0 Å². The monoisotopic (exact) mass is 430 g/mol. The average molecular weight is 430 g/mol. The summed E-state index contributed by atoms with van der Waals surface area (Å²) in [7, 11) is 3.06. The highest BCUT2D eigenvalue weighted by Gasteiger charge is 2.19. The maximum absolute atomic E-state index is 14.4. The molecule has 0 spiro atoms. The minimum Gasteiger partial charge on any atom is -0.493 e. The SMILES string of the molecule is COc1cc2c(cc1OC)n(Cc1ccccc1F)c(=O)n1nc(-c3ccccc3)nc21. The van der Waals surface area contributed by atoms with Crippen molar-refractivity contribution in [2.75, 3.05) is 14.2 Å². The Balaban J connectivity index is 1.85. The molecule has 0 radical (unpaired) electrons. The van der Waals surface area contributed by atoms with Crippen LogP contribution in [-0.2, 0) is 6.54 Å². The van der Waals surface area contributed by atoms with Gasteiger partial charge in [0.05, 0.1) is 26.3 Å². The van der Waals surface area contributed by atoms with Crippen molar-refractivity contribution in [2.45, 2.75) is 6.54 Å². The van der Waals surface area contributed by atoms with E-state index in [1.807, 2.05) is 30.3 Å². The van der Waals surface area contributed by atoms with Crippen LogP contribution in [0.3, 0.4) is 0 Å². The van der Waals surface area contributed by atoms with Crippen LogP contribution in [-0.4, -0.2) is 33.4 Å². The Hall–Kier alpha value is -4.20. The lowest BCUT2D eigenvalue weighted by atomic mass is 10.1. The summed E-state index contributed by atoms with van der Waals surface area (Å²) in [5, 5.41) is 5.09. The second-order valence-corrected chi connectivity index (χ2v) is 7.22. The fourth-order valence-electron chi connectivity index (χ4n) is 3.77. The third kappa shape index (κ3) is 3.17. The molecule has 2 aromatic heterocycles. The van der Waals surface area contributed by atoms with Crippen LogP contribution in [0.5, 0.6) is 11.5 Å². The van der Waals surface area contributed by atoms with E-state index in [1.54, 1.807) is 30.3 Å². The minimum absolute atomic E-state index is 0.0218. The molecule has 7 nitrogen and oxygen atoms in total. The molecule has 0 saturated heterocycles. The molecule has 32 heavy (non-hydrogen) atoms. The van der Waals surface area contributed by atoms with Gasteiger partial charge in [-0.15, -0.1) is 5.10 Å². The van der Waals surface area contributed by atoms with Gasteiger partial charge in [-0.2, -0.15) is 4.52 Å². The van der Waals surface area contributed by atoms with Crippen LogP contribution in [0.1, 0.15) is 5.56 Å². The van der Waals surface area contributed by atoms with Gasteiger partial charge in [0.15, 0.2) is 23.0 Å². The zero-order chi connectivity index (χ0) is 22.2. The zero-order valence-corrected chi connectivity index (χ0v) is 17.4. The summed E-state index contributed by atoms with van der Waals surface area (Å²) in [6.07, 6.45) is 0. The number of rotatable bonds is 5. The lowest BCUT2D eigenvalue weighted by Gasteiger charge is -2.14. The highest BCUT2D eigenvalue weighted by Crippen LogP contribution is 2.33. The van der Waals surface area contributed by atoms with Crippen molar-refractivity contribution in [3.05, 3.63) is 88.6 Å². The maximum atomic E-state index is 14.4. The van der Waals surface area contributed by atoms with Gasteiger partial charge in [0, 0.05) is 22.6 Å². The van der Waals surface area contributed by atoms with Crippen molar-refractivity contribution in [1.82, 2.24) is 19.2 Å². The van der Waals surface area contributed by atoms with E-state index in [-0.39, 0.29) is 6.54 Å². The van der Waals surface area contributed by atoms with Crippen molar-refractivity contribution < 1.29 is 13.9 Å². The van der Waals surface area contributed by atoms with Gasteiger partial charge in [-0.1, -0.05) is 48.5 Å². The first-order valence-corrected chi connectivity index (χ1v) is 9.95. The number of hydrogen-bond donors (Lipinski definition) is 0. The number of fused-ring (bicyclic) bond motifs is 3. The van der Waals surface area contributed by atoms with Crippen LogP contribution < -0.4 is 15.2 Å². The number of halogens is 1. The number of nitrogens with zero attached hydrogens (tertiary/aromatic N) is 4. The topological polar surface area (TPSA) is 70.7 Å². The fraction of sp³-hybridized carbons (Fsp3) is 0.125. The summed E-state index contributed by atoms with van der Waals surface area (Å²) in [5.41, 5.74) is 1.65. The molecule has 0 saturated carbocycles. The van der Waals surface area contributed by atoms with Crippen molar-refractivity contribution in [2.24, 2.45) is 0 Å². The normalized spacial score (nSPS) is 11.2. The number of hydrogen-bond acceptors (Lipinski definition) is 5. The maximum Gasteiger partial charge on any atom is 0.351 e. The Morgan fingerprint density at radius 2 is 1.62 bits per heavy atom. The van der Waals surface area contributed by atoms with Gasteiger partial charge in [-0.05, 0) is 12.1 Å². The van der Waals surface area contributed by atoms with Crippen molar-refractivity contribution >= 4 is 16.6 Å². The second kappa shape index (κ2) is 7.81. The Labute approximate surface area is 182 Å². The molecule has 0 N–H and O–H groups in total. The third-order valence-corrected chi connectivity index (χ3v) is 5.37. The van der Waals surface area contributed by atoms with Crippen LogP contribution in [0.25, 0.3) is 27.9 Å². The van der Waals surface area contributed by atoms with Crippen LogP contribution in [0, 0.1) is 5.82 Å². The van der Waals surface area contributed by atoms with Gasteiger partial charge in [-0.3, -0.25) is 4.57 Å². The van der Waals surface area contributed by atoms with Crippen LogP contribution in [0.4, 0.5) is 4.39 Å². The number of benzene rings is 3. The molecule has 0 amide bonds. The largest absolute Gasteiger partial charge is 0.493 e. The predicted molar refractivity (Wildman–Crippen MR) is 119 cm³/mol. The Bertz CT molecular complexity index is 1510. The molecule has 8 heteroatoms. The van der Waals surface area contributed by atoms with Gasteiger partial charge in [0.1, 0.15) is 5.82 Å². The molecule has 3 aromatic carbocycles. The molecule has 0 bridgehead atoms. The van der Waals surface area contributed by atoms with Gasteiger partial charge in [-0.25, -0.2) is 14.2 Å². The lowest BCUT2D eigenvalue weighted by Crippen LogP contribution is -2.28. The summed E-state index contributed by atoms with van der Waals surface area (Å²) < 4.78 is 28.0. The van der Waals surface area contributed by atoms with Crippen molar-refractivity contribution in [3.63, 3.8) is 0 Å². The average Bonchev–Trinajstić information content (AvgIpc) is 3.28. The molecule has 5 aromatic rings. The Morgan fingerprint density at radius 1 is 0.938 bits per heavy atom. The van der Waals surface area contributed by atoms with Gasteiger partial charge >= 0.3 is 5.69 Å². The van der Waals surface area contributed by atoms with Crippen molar-refractivity contribution in [3.8, 4) is 22.9 Å². The predicted octanol–water partition coefficient (Wildman–Crippen LogP) is 3.92. The summed E-state index contributed by atoms with van der Waals surface area (Å²) in [6, 6.07) is 19.2. The molecular weight excluding hydrogens is 411 g/mol. The van der Waals surface area contributed by atoms with E-state index in [0.29, 0.717) is 39.4 Å².